The molecule has 4 heteroatoms. The molecule has 4 rings (SSSR count). The summed E-state index contributed by atoms with van der Waals surface area (Å²) in [6.07, 6.45) is 6.80. The van der Waals surface area contributed by atoms with Crippen molar-refractivity contribution in [2.75, 3.05) is 0 Å². The van der Waals surface area contributed by atoms with Crippen molar-refractivity contribution in [1.29, 1.82) is 0 Å². The molecule has 0 saturated carbocycles. The molecular weight excluding hydrogens is 570 g/mol. The summed E-state index contributed by atoms with van der Waals surface area (Å²) in [5.74, 6) is 0. The predicted octanol–water partition coefficient (Wildman–Crippen LogP) is -1.33. The van der Waals surface area contributed by atoms with Gasteiger partial charge >= 0.3 is 0 Å². The third-order valence-electron chi connectivity index (χ3n) is 5.33. The van der Waals surface area contributed by atoms with E-state index in [0.717, 1.165) is 13.1 Å². The number of hydrogen-bond acceptors (Lipinski definition) is 0. The lowest BCUT2D eigenvalue weighted by Gasteiger charge is -2.05. The van der Waals surface area contributed by atoms with Crippen molar-refractivity contribution >= 4 is 21.8 Å². The Morgan fingerprint density at radius 3 is 1.39 bits per heavy atom. The van der Waals surface area contributed by atoms with E-state index in [1.807, 2.05) is 0 Å². The summed E-state index contributed by atoms with van der Waals surface area (Å²) in [6.45, 7) is 6.49. The zero-order valence-corrected chi connectivity index (χ0v) is 20.7. The summed E-state index contributed by atoms with van der Waals surface area (Å²) >= 11 is 0. The number of nitrogens with zero attached hydrogens (tertiary/aromatic N) is 2. The van der Waals surface area contributed by atoms with Gasteiger partial charge in [-0.25, -0.2) is 0 Å². The van der Waals surface area contributed by atoms with Gasteiger partial charge in [-0.3, -0.25) is 0 Å². The van der Waals surface area contributed by atoms with Crippen LogP contribution in [0.5, 0.6) is 0 Å². The fraction of sp³-hybridized carbons (Fsp3) is 0.250. The van der Waals surface area contributed by atoms with Crippen LogP contribution in [0.25, 0.3) is 21.8 Å². The highest BCUT2D eigenvalue weighted by Gasteiger charge is 2.12. The molecule has 0 radical (unpaired) electrons. The standard InChI is InChI=1S/C24H26N2.2HI/c1-19-13-17-25(23-11-5-3-9-21(19)23)15-7-8-16-26-18-14-20(2)22-10-4-6-12-24(22)26;;/h3-6,9-14,17-18H,7-8,15-16H2,1-2H3;2*1H/q+2;;/p-2. The Balaban J connectivity index is 0.00000140. The van der Waals surface area contributed by atoms with Crippen molar-refractivity contribution in [3.63, 3.8) is 0 Å². The third kappa shape index (κ3) is 4.82. The molecule has 0 saturated heterocycles. The molecule has 0 unspecified atom stereocenters. The van der Waals surface area contributed by atoms with Crippen LogP contribution in [0.4, 0.5) is 0 Å². The molecule has 28 heavy (non-hydrogen) atoms. The first-order valence-corrected chi connectivity index (χ1v) is 9.49. The minimum absolute atomic E-state index is 0. The minimum atomic E-state index is 0. The Morgan fingerprint density at radius 1 is 0.571 bits per heavy atom. The third-order valence-corrected chi connectivity index (χ3v) is 5.33. The molecule has 146 valence electrons. The minimum Gasteiger partial charge on any atom is -1.00 e. The number of para-hydroxylation sites is 2. The van der Waals surface area contributed by atoms with Gasteiger partial charge in [0.2, 0.25) is 11.0 Å². The fourth-order valence-electron chi connectivity index (χ4n) is 3.81. The van der Waals surface area contributed by atoms with Crippen molar-refractivity contribution in [1.82, 2.24) is 0 Å². The van der Waals surface area contributed by atoms with Crippen LogP contribution in [-0.2, 0) is 13.1 Å². The summed E-state index contributed by atoms with van der Waals surface area (Å²) in [7, 11) is 0. The second-order valence-electron chi connectivity index (χ2n) is 7.13. The highest BCUT2D eigenvalue weighted by molar-refractivity contribution is 5.79. The summed E-state index contributed by atoms with van der Waals surface area (Å²) in [6, 6.07) is 21.9. The van der Waals surface area contributed by atoms with E-state index in [1.54, 1.807) is 0 Å². The number of aryl methyl sites for hydroxylation is 4. The van der Waals surface area contributed by atoms with E-state index in [9.17, 15) is 0 Å². The number of hydrogen-bond donors (Lipinski definition) is 0. The van der Waals surface area contributed by atoms with Crippen molar-refractivity contribution in [2.24, 2.45) is 0 Å². The Bertz CT molecular complexity index is 989. The maximum Gasteiger partial charge on any atom is 0.212 e. The van der Waals surface area contributed by atoms with Gasteiger partial charge < -0.3 is 48.0 Å². The maximum absolute atomic E-state index is 2.39. The molecule has 0 spiro atoms. The molecule has 4 aromatic rings. The molecule has 0 N–H and O–H groups in total. The van der Waals surface area contributed by atoms with Crippen LogP contribution in [-0.4, -0.2) is 0 Å². The predicted molar refractivity (Wildman–Crippen MR) is 107 cm³/mol. The van der Waals surface area contributed by atoms with Crippen LogP contribution < -0.4 is 57.1 Å². The Hall–Kier alpha value is -1.28. The second-order valence-corrected chi connectivity index (χ2v) is 7.13. The van der Waals surface area contributed by atoms with Crippen LogP contribution in [0.3, 0.4) is 0 Å². The number of halogens is 2. The second kappa shape index (κ2) is 10.5. The number of rotatable bonds is 5. The summed E-state index contributed by atoms with van der Waals surface area (Å²) in [5.41, 5.74) is 5.36. The first kappa shape index (κ1) is 23.0. The van der Waals surface area contributed by atoms with E-state index in [0.29, 0.717) is 0 Å². The normalized spacial score (nSPS) is 10.5. The molecule has 0 fully saturated rings. The molecule has 2 aromatic heterocycles. The molecule has 0 bridgehead atoms. The van der Waals surface area contributed by atoms with Crippen molar-refractivity contribution in [3.8, 4) is 0 Å². The van der Waals surface area contributed by atoms with E-state index in [4.69, 9.17) is 0 Å². The molecule has 2 nitrogen and oxygen atoms in total. The number of pyridine rings is 2. The first-order valence-electron chi connectivity index (χ1n) is 9.49. The lowest BCUT2D eigenvalue weighted by Crippen LogP contribution is -3.00. The van der Waals surface area contributed by atoms with Crippen LogP contribution in [0.15, 0.2) is 73.1 Å². The molecule has 2 aromatic carbocycles. The fourth-order valence-corrected chi connectivity index (χ4v) is 3.81. The molecule has 2 heterocycles. The van der Waals surface area contributed by atoms with Gasteiger partial charge in [0.1, 0.15) is 13.1 Å². The van der Waals surface area contributed by atoms with Gasteiger partial charge in [-0.1, -0.05) is 24.3 Å². The summed E-state index contributed by atoms with van der Waals surface area (Å²) in [5, 5.41) is 2.71. The number of aromatic nitrogens is 2. The summed E-state index contributed by atoms with van der Waals surface area (Å²) < 4.78 is 4.78. The number of unbranched alkanes of at least 4 members (excludes halogenated alkanes) is 1. The average Bonchev–Trinajstić information content (AvgIpc) is 2.69. The Kier molecular flexibility index (Phi) is 8.61. The van der Waals surface area contributed by atoms with Gasteiger partial charge in [0.05, 0.1) is 0 Å². The molecule has 0 aliphatic rings. The average molecular weight is 596 g/mol. The highest BCUT2D eigenvalue weighted by atomic mass is 127. The van der Waals surface area contributed by atoms with Crippen LogP contribution in [0.1, 0.15) is 24.0 Å². The van der Waals surface area contributed by atoms with Crippen LogP contribution in [0.2, 0.25) is 0 Å². The zero-order valence-electron chi connectivity index (χ0n) is 16.4. The monoisotopic (exact) mass is 596 g/mol. The van der Waals surface area contributed by atoms with E-state index in [1.165, 1.54) is 45.8 Å². The number of benzene rings is 2. The molecule has 0 aliphatic heterocycles. The van der Waals surface area contributed by atoms with Crippen LogP contribution >= 0.6 is 0 Å². The van der Waals surface area contributed by atoms with E-state index in [-0.39, 0.29) is 48.0 Å². The SMILES string of the molecule is Cc1cc[n+](CCCC[n+]2ccc(C)c3ccccc32)c2ccccc12.[I-].[I-]. The van der Waals surface area contributed by atoms with Crippen molar-refractivity contribution < 1.29 is 57.1 Å². The first-order chi connectivity index (χ1) is 12.7. The molecule has 0 aliphatic carbocycles. The Morgan fingerprint density at radius 2 is 0.964 bits per heavy atom. The lowest BCUT2D eigenvalue weighted by molar-refractivity contribution is -0.683. The van der Waals surface area contributed by atoms with Gasteiger partial charge in [0.15, 0.2) is 12.4 Å². The summed E-state index contributed by atoms with van der Waals surface area (Å²) in [4.78, 5) is 0. The van der Waals surface area contributed by atoms with E-state index < -0.39 is 0 Å². The van der Waals surface area contributed by atoms with Gasteiger partial charge in [0.25, 0.3) is 0 Å². The van der Waals surface area contributed by atoms with Crippen molar-refractivity contribution in [2.45, 2.75) is 39.8 Å². The zero-order chi connectivity index (χ0) is 17.9. The van der Waals surface area contributed by atoms with E-state index >= 15 is 0 Å². The lowest BCUT2D eigenvalue weighted by atomic mass is 10.1. The topological polar surface area (TPSA) is 7.76 Å². The van der Waals surface area contributed by atoms with Gasteiger partial charge in [-0.2, -0.15) is 9.13 Å². The highest BCUT2D eigenvalue weighted by Crippen LogP contribution is 2.15. The van der Waals surface area contributed by atoms with Gasteiger partial charge in [-0.15, -0.1) is 0 Å². The van der Waals surface area contributed by atoms with Crippen LogP contribution in [0, 0.1) is 13.8 Å². The van der Waals surface area contributed by atoms with Gasteiger partial charge in [0, 0.05) is 47.9 Å². The smallest absolute Gasteiger partial charge is 0.212 e. The Labute approximate surface area is 201 Å². The quantitative estimate of drug-likeness (QED) is 0.154. The molecular formula is C24H26I2N2. The van der Waals surface area contributed by atoms with Gasteiger partial charge in [-0.05, 0) is 37.1 Å². The maximum atomic E-state index is 2.39. The largest absolute Gasteiger partial charge is 1.00 e. The number of fused-ring (bicyclic) bond motifs is 2. The van der Waals surface area contributed by atoms with E-state index in [2.05, 4.69) is 96.0 Å². The molecule has 0 amide bonds. The van der Waals surface area contributed by atoms with Crippen molar-refractivity contribution in [3.05, 3.63) is 84.2 Å². The molecule has 0 atom stereocenters.